The summed E-state index contributed by atoms with van der Waals surface area (Å²) in [5, 5.41) is 12.4. The van der Waals surface area contributed by atoms with Crippen LogP contribution < -0.4 is 15.2 Å². The first-order valence-corrected chi connectivity index (χ1v) is 6.42. The molecule has 0 saturated carbocycles. The van der Waals surface area contributed by atoms with Crippen molar-refractivity contribution in [2.24, 2.45) is 5.14 Å². The van der Waals surface area contributed by atoms with Crippen molar-refractivity contribution in [3.05, 3.63) is 6.20 Å². The molecule has 4 N–H and O–H groups in total. The number of nitrogens with one attached hydrogen (secondary N) is 2. The predicted octanol–water partition coefficient (Wildman–Crippen LogP) is -0.467. The molecular formula is C8H15N5O2S. The van der Waals surface area contributed by atoms with Crippen LogP contribution in [0.5, 0.6) is 5.88 Å². The molecule has 2 atom stereocenters. The van der Waals surface area contributed by atoms with Crippen molar-refractivity contribution in [3.8, 4) is 5.88 Å². The lowest BCUT2D eigenvalue weighted by Crippen LogP contribution is -2.51. The van der Waals surface area contributed by atoms with Crippen molar-refractivity contribution in [3.63, 3.8) is 0 Å². The molecule has 8 heteroatoms. The molecule has 0 radical (unpaired) electrons. The highest BCUT2D eigenvalue weighted by Gasteiger charge is 2.33. The molecule has 0 bridgehead atoms. The highest BCUT2D eigenvalue weighted by atomic mass is 32.2. The van der Waals surface area contributed by atoms with E-state index in [9.17, 15) is 4.21 Å². The Bertz CT molecular complexity index is 508. The lowest BCUT2D eigenvalue weighted by atomic mass is 10.0. The predicted molar refractivity (Wildman–Crippen MR) is 58.5 cm³/mol. The van der Waals surface area contributed by atoms with Gasteiger partial charge in [0.15, 0.2) is 0 Å². The van der Waals surface area contributed by atoms with E-state index in [2.05, 4.69) is 10.4 Å². The summed E-state index contributed by atoms with van der Waals surface area (Å²) in [6.07, 6.45) is 1.34. The Morgan fingerprint density at radius 3 is 3.06 bits per heavy atom. The van der Waals surface area contributed by atoms with Crippen molar-refractivity contribution >= 4 is 9.92 Å². The molecule has 90 valence electrons. The third-order valence-corrected chi connectivity index (χ3v) is 3.65. The molecule has 0 aromatic carbocycles. The van der Waals surface area contributed by atoms with E-state index >= 15 is 0 Å². The van der Waals surface area contributed by atoms with Gasteiger partial charge in [-0.25, -0.2) is 18.8 Å². The third kappa shape index (κ3) is 1.79. The quantitative estimate of drug-likeness (QED) is 0.655. The SMILES string of the molecule is CNC1(C)COc2c(S(=N)(N)=O)cnn2C1. The van der Waals surface area contributed by atoms with Crippen LogP contribution in [-0.4, -0.2) is 33.2 Å². The number of hydrogen-bond donors (Lipinski definition) is 3. The lowest BCUT2D eigenvalue weighted by Gasteiger charge is -2.33. The Labute approximate surface area is 94.1 Å². The first kappa shape index (κ1) is 11.4. The molecule has 0 fully saturated rings. The highest BCUT2D eigenvalue weighted by Crippen LogP contribution is 2.28. The normalized spacial score (nSPS) is 27.9. The summed E-state index contributed by atoms with van der Waals surface area (Å²) < 4.78 is 25.8. The number of ether oxygens (including phenoxy) is 1. The topological polar surface area (TPSA) is 106 Å². The van der Waals surface area contributed by atoms with Crippen LogP contribution in [0.3, 0.4) is 0 Å². The van der Waals surface area contributed by atoms with E-state index in [4.69, 9.17) is 14.7 Å². The molecule has 1 aliphatic rings. The molecule has 1 aliphatic heterocycles. The molecule has 1 aromatic heterocycles. The van der Waals surface area contributed by atoms with Crippen molar-refractivity contribution in [1.29, 1.82) is 4.78 Å². The van der Waals surface area contributed by atoms with E-state index in [0.717, 1.165) is 0 Å². The standard InChI is InChI=1S/C8H15N5O2S/c1-8(11-2)4-13-7(15-5-8)6(3-12-13)16(9,10)14/h3,11H,4-5H2,1-2H3,(H3,9,10,14). The summed E-state index contributed by atoms with van der Waals surface area (Å²) in [5.74, 6) is 0.343. The smallest absolute Gasteiger partial charge is 0.230 e. The van der Waals surface area contributed by atoms with Gasteiger partial charge < -0.3 is 10.1 Å². The van der Waals surface area contributed by atoms with Gasteiger partial charge in [-0.2, -0.15) is 5.10 Å². The largest absolute Gasteiger partial charge is 0.475 e. The number of nitrogens with zero attached hydrogens (tertiary/aromatic N) is 2. The summed E-state index contributed by atoms with van der Waals surface area (Å²) >= 11 is 0. The Kier molecular flexibility index (Phi) is 2.44. The molecule has 0 saturated heterocycles. The van der Waals surface area contributed by atoms with Crippen molar-refractivity contribution < 1.29 is 8.95 Å². The number of fused-ring (bicyclic) bond motifs is 1. The Hall–Kier alpha value is -1.12. The molecule has 2 heterocycles. The van der Waals surface area contributed by atoms with Crippen LogP contribution in [0.2, 0.25) is 0 Å². The van der Waals surface area contributed by atoms with Gasteiger partial charge in [0.25, 0.3) is 0 Å². The van der Waals surface area contributed by atoms with Gasteiger partial charge in [0.2, 0.25) is 5.88 Å². The van der Waals surface area contributed by atoms with E-state index in [-0.39, 0.29) is 10.4 Å². The molecule has 2 rings (SSSR count). The second kappa shape index (κ2) is 3.44. The van der Waals surface area contributed by atoms with Gasteiger partial charge in [-0.05, 0) is 14.0 Å². The van der Waals surface area contributed by atoms with Crippen molar-refractivity contribution in [1.82, 2.24) is 15.1 Å². The molecular weight excluding hydrogens is 230 g/mol. The molecule has 7 nitrogen and oxygen atoms in total. The van der Waals surface area contributed by atoms with Crippen molar-refractivity contribution in [2.45, 2.75) is 23.9 Å². The van der Waals surface area contributed by atoms with Crippen LogP contribution in [0.4, 0.5) is 0 Å². The maximum absolute atomic E-state index is 11.4. The summed E-state index contributed by atoms with van der Waals surface area (Å²) in [5.41, 5.74) is -0.214. The summed E-state index contributed by atoms with van der Waals surface area (Å²) in [7, 11) is -1.43. The number of likely N-dealkylation sites (N-methyl/N-ethyl adjacent to an activating group) is 1. The minimum Gasteiger partial charge on any atom is -0.475 e. The average molecular weight is 245 g/mol. The van der Waals surface area contributed by atoms with Crippen LogP contribution in [0.25, 0.3) is 0 Å². The number of nitrogens with two attached hydrogens (primary N) is 1. The van der Waals surface area contributed by atoms with Crippen LogP contribution >= 0.6 is 0 Å². The monoisotopic (exact) mass is 245 g/mol. The van der Waals surface area contributed by atoms with Gasteiger partial charge in [-0.15, -0.1) is 0 Å². The van der Waals surface area contributed by atoms with Crippen LogP contribution in [-0.2, 0) is 16.5 Å². The first-order valence-electron chi connectivity index (χ1n) is 4.80. The summed E-state index contributed by atoms with van der Waals surface area (Å²) in [4.78, 5) is 0.158. The minimum absolute atomic E-state index is 0.158. The Balaban J connectivity index is 2.42. The molecule has 0 amide bonds. The van der Waals surface area contributed by atoms with Gasteiger partial charge in [0.05, 0.1) is 18.3 Å². The van der Waals surface area contributed by atoms with E-state index < -0.39 is 9.92 Å². The second-order valence-corrected chi connectivity index (χ2v) is 5.81. The zero-order valence-corrected chi connectivity index (χ0v) is 10.0. The molecule has 0 spiro atoms. The maximum Gasteiger partial charge on any atom is 0.230 e. The number of rotatable bonds is 2. The first-order chi connectivity index (χ1) is 7.36. The second-order valence-electron chi connectivity index (χ2n) is 4.17. The van der Waals surface area contributed by atoms with Gasteiger partial charge in [0.1, 0.15) is 21.4 Å². The van der Waals surface area contributed by atoms with Gasteiger partial charge >= 0.3 is 0 Å². The van der Waals surface area contributed by atoms with Crippen LogP contribution in [0.15, 0.2) is 11.1 Å². The lowest BCUT2D eigenvalue weighted by molar-refractivity contribution is 0.121. The number of hydrogen-bond acceptors (Lipinski definition) is 5. The third-order valence-electron chi connectivity index (χ3n) is 2.72. The van der Waals surface area contributed by atoms with Gasteiger partial charge in [-0.3, -0.25) is 0 Å². The van der Waals surface area contributed by atoms with Crippen molar-refractivity contribution in [2.75, 3.05) is 13.7 Å². The fraction of sp³-hybridized carbons (Fsp3) is 0.625. The minimum atomic E-state index is -3.27. The maximum atomic E-state index is 11.4. The fourth-order valence-electron chi connectivity index (χ4n) is 1.58. The van der Waals surface area contributed by atoms with Gasteiger partial charge in [-0.1, -0.05) is 0 Å². The van der Waals surface area contributed by atoms with E-state index in [1.807, 2.05) is 14.0 Å². The molecule has 2 unspecified atom stereocenters. The Morgan fingerprint density at radius 2 is 2.50 bits per heavy atom. The molecule has 1 aromatic rings. The van der Waals surface area contributed by atoms with Crippen LogP contribution in [0, 0.1) is 4.78 Å². The van der Waals surface area contributed by atoms with E-state index in [1.165, 1.54) is 6.20 Å². The summed E-state index contributed by atoms with van der Waals surface area (Å²) in [6, 6.07) is 0. The average Bonchev–Trinajstić information content (AvgIpc) is 2.59. The fourth-order valence-corrected chi connectivity index (χ4v) is 2.21. The Morgan fingerprint density at radius 1 is 1.81 bits per heavy atom. The zero-order chi connectivity index (χ0) is 12.0. The molecule has 16 heavy (non-hydrogen) atoms. The number of aromatic nitrogens is 2. The van der Waals surface area contributed by atoms with Crippen LogP contribution in [0.1, 0.15) is 6.92 Å². The molecule has 0 aliphatic carbocycles. The zero-order valence-electron chi connectivity index (χ0n) is 9.19. The van der Waals surface area contributed by atoms with E-state index in [0.29, 0.717) is 19.0 Å². The summed E-state index contributed by atoms with van der Waals surface area (Å²) in [6.45, 7) is 3.02. The van der Waals surface area contributed by atoms with Gasteiger partial charge in [0, 0.05) is 0 Å². The highest BCUT2D eigenvalue weighted by molar-refractivity contribution is 7.90. The van der Waals surface area contributed by atoms with E-state index in [1.54, 1.807) is 4.68 Å².